The highest BCUT2D eigenvalue weighted by Gasteiger charge is 2.29. The Bertz CT molecular complexity index is 901. The van der Waals surface area contributed by atoms with E-state index in [2.05, 4.69) is 34.5 Å². The second-order valence-corrected chi connectivity index (χ2v) is 7.63. The molecule has 0 saturated carbocycles. The predicted octanol–water partition coefficient (Wildman–Crippen LogP) is 5.08. The first-order chi connectivity index (χ1) is 14.7. The minimum absolute atomic E-state index is 0.0377. The van der Waals surface area contributed by atoms with E-state index in [4.69, 9.17) is 0 Å². The molecule has 30 heavy (non-hydrogen) atoms. The predicted molar refractivity (Wildman–Crippen MR) is 118 cm³/mol. The van der Waals surface area contributed by atoms with Gasteiger partial charge in [-0.3, -0.25) is 4.90 Å². The molecule has 3 aromatic rings. The number of piperazine rings is 1. The molecule has 0 bridgehead atoms. The molecule has 1 aliphatic heterocycles. The van der Waals surface area contributed by atoms with E-state index < -0.39 is 0 Å². The summed E-state index contributed by atoms with van der Waals surface area (Å²) in [6.45, 7) is 3.69. The Balaban J connectivity index is 1.77. The summed E-state index contributed by atoms with van der Waals surface area (Å²) >= 11 is 0. The van der Waals surface area contributed by atoms with Crippen LogP contribution >= 0.6 is 0 Å². The lowest BCUT2D eigenvalue weighted by Gasteiger charge is -2.38. The SMILES string of the molecule is Fc1ccc(C(c2ccc(F)cc2)C(/C=C/c2ccccc2)N2CCNCC2)cc1. The van der Waals surface area contributed by atoms with Crippen molar-refractivity contribution in [3.05, 3.63) is 113 Å². The lowest BCUT2D eigenvalue weighted by molar-refractivity contribution is 0.190. The number of halogens is 2. The minimum Gasteiger partial charge on any atom is -0.314 e. The zero-order valence-electron chi connectivity index (χ0n) is 16.8. The molecular weight excluding hydrogens is 378 g/mol. The summed E-state index contributed by atoms with van der Waals surface area (Å²) in [5.74, 6) is -0.547. The third-order valence-electron chi connectivity index (χ3n) is 5.66. The van der Waals surface area contributed by atoms with Gasteiger partial charge in [-0.1, -0.05) is 66.7 Å². The number of hydrogen-bond acceptors (Lipinski definition) is 2. The topological polar surface area (TPSA) is 15.3 Å². The van der Waals surface area contributed by atoms with Crippen molar-refractivity contribution in [3.63, 3.8) is 0 Å². The van der Waals surface area contributed by atoms with E-state index in [0.29, 0.717) is 0 Å². The van der Waals surface area contributed by atoms with Crippen molar-refractivity contribution in [2.45, 2.75) is 12.0 Å². The first kappa shape index (κ1) is 20.5. The molecule has 2 nitrogen and oxygen atoms in total. The highest BCUT2D eigenvalue weighted by Crippen LogP contribution is 2.33. The molecule has 154 valence electrons. The monoisotopic (exact) mass is 404 g/mol. The van der Waals surface area contributed by atoms with Crippen LogP contribution in [0.3, 0.4) is 0 Å². The van der Waals surface area contributed by atoms with Gasteiger partial charge in [-0.25, -0.2) is 8.78 Å². The Morgan fingerprint density at radius 3 is 1.80 bits per heavy atom. The van der Waals surface area contributed by atoms with Crippen molar-refractivity contribution >= 4 is 6.08 Å². The van der Waals surface area contributed by atoms with Crippen LogP contribution in [-0.2, 0) is 0 Å². The Morgan fingerprint density at radius 1 is 0.733 bits per heavy atom. The minimum atomic E-state index is -0.254. The Morgan fingerprint density at radius 2 is 1.27 bits per heavy atom. The molecule has 4 heteroatoms. The fourth-order valence-corrected chi connectivity index (χ4v) is 4.12. The molecule has 0 aromatic heterocycles. The van der Waals surface area contributed by atoms with Crippen LogP contribution in [0.4, 0.5) is 8.78 Å². The highest BCUT2D eigenvalue weighted by molar-refractivity contribution is 5.51. The first-order valence-electron chi connectivity index (χ1n) is 10.4. The summed E-state index contributed by atoms with van der Waals surface area (Å²) in [5, 5.41) is 3.41. The molecule has 1 fully saturated rings. The van der Waals surface area contributed by atoms with Gasteiger partial charge in [0, 0.05) is 38.1 Å². The molecule has 0 radical (unpaired) electrons. The molecule has 1 heterocycles. The van der Waals surface area contributed by atoms with E-state index in [9.17, 15) is 8.78 Å². The number of nitrogens with zero attached hydrogens (tertiary/aromatic N) is 1. The molecule has 4 rings (SSSR count). The zero-order chi connectivity index (χ0) is 20.8. The second kappa shape index (κ2) is 9.79. The normalized spacial score (nSPS) is 16.2. The summed E-state index contributed by atoms with van der Waals surface area (Å²) in [6, 6.07) is 23.6. The van der Waals surface area contributed by atoms with Crippen LogP contribution in [-0.4, -0.2) is 37.1 Å². The van der Waals surface area contributed by atoms with Crippen LogP contribution in [0.1, 0.15) is 22.6 Å². The summed E-state index contributed by atoms with van der Waals surface area (Å²) in [5.41, 5.74) is 3.17. The average molecular weight is 405 g/mol. The van der Waals surface area contributed by atoms with Crippen molar-refractivity contribution in [2.24, 2.45) is 0 Å². The Hall–Kier alpha value is -2.82. The number of nitrogens with one attached hydrogen (secondary N) is 1. The molecule has 0 spiro atoms. The third kappa shape index (κ3) is 5.02. The van der Waals surface area contributed by atoms with E-state index in [1.165, 1.54) is 24.3 Å². The van der Waals surface area contributed by atoms with Gasteiger partial charge in [-0.05, 0) is 41.0 Å². The summed E-state index contributed by atoms with van der Waals surface area (Å²) in [4.78, 5) is 2.45. The smallest absolute Gasteiger partial charge is 0.123 e. The van der Waals surface area contributed by atoms with Crippen molar-refractivity contribution in [2.75, 3.05) is 26.2 Å². The molecular formula is C26H26F2N2. The van der Waals surface area contributed by atoms with Crippen LogP contribution in [0.5, 0.6) is 0 Å². The van der Waals surface area contributed by atoms with Crippen LogP contribution in [0.15, 0.2) is 84.9 Å². The van der Waals surface area contributed by atoms with E-state index >= 15 is 0 Å². The third-order valence-corrected chi connectivity index (χ3v) is 5.66. The maximum atomic E-state index is 13.6. The molecule has 1 aliphatic rings. The first-order valence-corrected chi connectivity index (χ1v) is 10.4. The van der Waals surface area contributed by atoms with Gasteiger partial charge >= 0.3 is 0 Å². The Labute approximate surface area is 176 Å². The van der Waals surface area contributed by atoms with Gasteiger partial charge in [0.25, 0.3) is 0 Å². The number of benzene rings is 3. The maximum absolute atomic E-state index is 13.6. The lowest BCUT2D eigenvalue weighted by atomic mass is 9.83. The summed E-state index contributed by atoms with van der Waals surface area (Å²) in [6.07, 6.45) is 4.38. The van der Waals surface area contributed by atoms with Crippen molar-refractivity contribution in [1.29, 1.82) is 0 Å². The van der Waals surface area contributed by atoms with Gasteiger partial charge in [0.2, 0.25) is 0 Å². The molecule has 1 N–H and O–H groups in total. The maximum Gasteiger partial charge on any atom is 0.123 e. The second-order valence-electron chi connectivity index (χ2n) is 7.63. The molecule has 0 aliphatic carbocycles. The number of hydrogen-bond donors (Lipinski definition) is 1. The molecule has 3 aromatic carbocycles. The highest BCUT2D eigenvalue weighted by atomic mass is 19.1. The van der Waals surface area contributed by atoms with E-state index in [1.807, 2.05) is 42.5 Å². The molecule has 1 saturated heterocycles. The van der Waals surface area contributed by atoms with Gasteiger partial charge in [-0.2, -0.15) is 0 Å². The van der Waals surface area contributed by atoms with Gasteiger partial charge in [-0.15, -0.1) is 0 Å². The van der Waals surface area contributed by atoms with Crippen LogP contribution in [0.2, 0.25) is 0 Å². The fourth-order valence-electron chi connectivity index (χ4n) is 4.12. The largest absolute Gasteiger partial charge is 0.314 e. The fraction of sp³-hybridized carbons (Fsp3) is 0.231. The van der Waals surface area contributed by atoms with E-state index in [1.54, 1.807) is 0 Å². The summed E-state index contributed by atoms with van der Waals surface area (Å²) in [7, 11) is 0. The van der Waals surface area contributed by atoms with Crippen molar-refractivity contribution < 1.29 is 8.78 Å². The van der Waals surface area contributed by atoms with Gasteiger partial charge in [0.15, 0.2) is 0 Å². The standard InChI is InChI=1S/C26H26F2N2/c27-23-11-7-21(8-12-23)26(22-9-13-24(28)14-10-22)25(30-18-16-29-17-19-30)15-6-20-4-2-1-3-5-20/h1-15,25-26,29H,16-19H2/b15-6+. The molecule has 1 unspecified atom stereocenters. The van der Waals surface area contributed by atoms with Crippen molar-refractivity contribution in [1.82, 2.24) is 10.2 Å². The molecule has 1 atom stereocenters. The zero-order valence-corrected chi connectivity index (χ0v) is 16.8. The lowest BCUT2D eigenvalue weighted by Crippen LogP contribution is -2.49. The Kier molecular flexibility index (Phi) is 6.67. The van der Waals surface area contributed by atoms with Gasteiger partial charge in [0.1, 0.15) is 11.6 Å². The van der Waals surface area contributed by atoms with Crippen molar-refractivity contribution in [3.8, 4) is 0 Å². The average Bonchev–Trinajstić information content (AvgIpc) is 2.80. The summed E-state index contributed by atoms with van der Waals surface area (Å²) < 4.78 is 27.3. The quantitative estimate of drug-likeness (QED) is 0.616. The van der Waals surface area contributed by atoms with Crippen LogP contribution in [0.25, 0.3) is 6.08 Å². The van der Waals surface area contributed by atoms with E-state index in [-0.39, 0.29) is 23.6 Å². The van der Waals surface area contributed by atoms with Gasteiger partial charge < -0.3 is 5.32 Å². The molecule has 0 amide bonds. The van der Waals surface area contributed by atoms with Crippen LogP contribution < -0.4 is 5.32 Å². The number of rotatable bonds is 6. The van der Waals surface area contributed by atoms with Crippen LogP contribution in [0, 0.1) is 11.6 Å². The van der Waals surface area contributed by atoms with E-state index in [0.717, 1.165) is 42.9 Å². The van der Waals surface area contributed by atoms with Gasteiger partial charge in [0.05, 0.1) is 0 Å².